The Kier molecular flexibility index (Phi) is 40.7. The van der Waals surface area contributed by atoms with Crippen molar-refractivity contribution in [3.63, 3.8) is 0 Å². The first-order valence-electron chi connectivity index (χ1n) is 31.9. The van der Waals surface area contributed by atoms with Gasteiger partial charge in [0.05, 0.1) is 50.6 Å². The molecule has 1 saturated heterocycles. The minimum Gasteiger partial charge on any atom is -0.481 e. The Bertz CT molecular complexity index is 4270. The number of aliphatic imine (C=N–C) groups is 1. The quantitative estimate of drug-likeness (QED) is 0.00454. The zero-order valence-corrected chi connectivity index (χ0v) is 63.0. The van der Waals surface area contributed by atoms with Gasteiger partial charge in [-0.05, 0) is 101 Å². The molecule has 0 radical (unpaired) electrons. The summed E-state index contributed by atoms with van der Waals surface area (Å²) in [5, 5.41) is 53.4. The number of ketones is 2. The normalized spacial score (nSPS) is 13.5. The van der Waals surface area contributed by atoms with E-state index in [0.29, 0.717) is 41.1 Å². The average Bonchev–Trinajstić information content (AvgIpc) is 1.49. The number of amides is 4. The van der Waals surface area contributed by atoms with Crippen LogP contribution in [0.1, 0.15) is 133 Å². The number of nitro groups is 1. The van der Waals surface area contributed by atoms with Crippen LogP contribution in [0, 0.1) is 78.0 Å². The number of rotatable bonds is 13. The average molecular weight is 1610 g/mol. The van der Waals surface area contributed by atoms with E-state index in [-0.39, 0.29) is 81.9 Å². The molecule has 586 valence electrons. The van der Waals surface area contributed by atoms with Gasteiger partial charge in [-0.2, -0.15) is 15.2 Å². The van der Waals surface area contributed by atoms with Gasteiger partial charge in [0.25, 0.3) is 5.09 Å². The van der Waals surface area contributed by atoms with Crippen LogP contribution in [0.3, 0.4) is 0 Å². The predicted molar refractivity (Wildman–Crippen MR) is 394 cm³/mol. The number of hydrazone groups is 2. The number of nitrogens with zero attached hydrogens (tertiary/aromatic N) is 5. The van der Waals surface area contributed by atoms with E-state index in [1.54, 1.807) is 108 Å². The summed E-state index contributed by atoms with van der Waals surface area (Å²) in [7, 11) is 0.889. The fourth-order valence-corrected chi connectivity index (χ4v) is 8.42. The van der Waals surface area contributed by atoms with Crippen LogP contribution in [-0.4, -0.2) is 103 Å². The molecule has 7 aromatic rings. The number of carboxylic acid groups (broad SMARTS) is 2. The summed E-state index contributed by atoms with van der Waals surface area (Å²) in [6.45, 7) is 17.1. The van der Waals surface area contributed by atoms with Crippen molar-refractivity contribution < 1.29 is 116 Å². The summed E-state index contributed by atoms with van der Waals surface area (Å²) < 4.78 is 55.0. The van der Waals surface area contributed by atoms with Crippen LogP contribution in [0.25, 0.3) is 0 Å². The number of aliphatic carboxylic acids is 2. The Morgan fingerprint density at radius 1 is 0.569 bits per heavy atom. The summed E-state index contributed by atoms with van der Waals surface area (Å²) >= 11 is 0. The summed E-state index contributed by atoms with van der Waals surface area (Å²) in [6, 6.07) is 49.4. The first-order chi connectivity index (χ1) is 49.8. The second-order valence-corrected chi connectivity index (χ2v) is 26.3. The molecule has 0 spiro atoms. The Hall–Kier alpha value is -12.3. The van der Waals surface area contributed by atoms with Gasteiger partial charge in [0, 0.05) is 91.4 Å². The van der Waals surface area contributed by atoms with Crippen molar-refractivity contribution in [2.24, 2.45) is 42.3 Å². The van der Waals surface area contributed by atoms with Gasteiger partial charge in [0.2, 0.25) is 17.9 Å². The number of cyclic esters (lactones) is 2. The molecule has 1 fully saturated rings. The number of halogens is 4. The number of nitrogen functional groups attached to an aromatic ring is 1. The van der Waals surface area contributed by atoms with Gasteiger partial charge in [0.15, 0.2) is 41.9 Å². The maximum atomic E-state index is 13.2. The first-order valence-corrected chi connectivity index (χ1v) is 31.9. The van der Waals surface area contributed by atoms with E-state index in [1.807, 2.05) is 107 Å². The Balaban J connectivity index is 0.00000127. The second-order valence-electron chi connectivity index (χ2n) is 26.3. The Labute approximate surface area is 639 Å². The number of benzene rings is 7. The molecule has 4 amide bonds. The van der Waals surface area contributed by atoms with Crippen molar-refractivity contribution in [2.75, 3.05) is 23.4 Å². The third kappa shape index (κ3) is 36.5. The number of anilines is 3. The third-order valence-corrected chi connectivity index (χ3v) is 14.5. The number of hydrogen-bond donors (Lipinski definition) is 8. The standard InChI is InChI=1S/C19H18F2N4O2.C12H15N3O.2C12H14O3.C7H3F2NO.C6H8O3.C6H6.CH3NO2.CH3.HNO3.Pd/c1-19(2)10-16(24-25-17(19)26)11-4-3-5-12(8-11)22-18(27)23-13-6-7-14(20)15(21)9-13;1-12(2)7-10(14-15-11(12)16)8-4-3-5-9(13)6-8;2*1-12(2,11(14)15)8-10(13)9-6-4-3-5-7-9;8-6-2-1-5(10-4-11)3-7(6)9;1-6(2)3-4(7)9-5(6)8;1-2-4-6-5-3-1;1-2(3)4;;2-1(3)4;/h3-9H,10H2,1-2H3,(H,25,26)(H2,22,23,27);3-6H,7,13H2,1-2H3,(H,15,16);2*3-7H,8H2,1-2H3,(H,14,15);1-3H;3H2,1-2H3;1-6H;1H3;1H3;(H,2,3,4);/q;;;;;;;;-1;;. The number of carboxylic acids is 2. The molecule has 109 heavy (non-hydrogen) atoms. The molecular formula is C76H85F4N10O18Pd-. The van der Waals surface area contributed by atoms with Crippen LogP contribution < -0.4 is 27.2 Å². The van der Waals surface area contributed by atoms with Crippen molar-refractivity contribution in [1.82, 2.24) is 10.9 Å². The topological polar surface area (TPSA) is 438 Å². The number of nitrogens with one attached hydrogen (secondary N) is 4. The molecule has 0 atom stereocenters. The molecule has 0 aliphatic carbocycles. The molecule has 10 rings (SSSR count). The second kappa shape index (κ2) is 45.9. The predicted octanol–water partition coefficient (Wildman–Crippen LogP) is 14.2. The largest absolute Gasteiger partial charge is 0.481 e. The zero-order valence-electron chi connectivity index (χ0n) is 61.5. The number of Topliss-reactive ketones (excluding diaryl/α,β-unsaturated/α-hetero) is 2. The molecule has 0 saturated carbocycles. The molecular weight excluding hydrogens is 1520 g/mol. The molecule has 28 nitrogen and oxygen atoms in total. The number of urea groups is 1. The van der Waals surface area contributed by atoms with E-state index in [9.17, 15) is 65.5 Å². The molecule has 3 aliphatic heterocycles. The zero-order chi connectivity index (χ0) is 81.0. The number of isocyanates is 1. The van der Waals surface area contributed by atoms with Gasteiger partial charge in [-0.25, -0.2) is 38.0 Å². The van der Waals surface area contributed by atoms with Gasteiger partial charge >= 0.3 is 29.9 Å². The Morgan fingerprint density at radius 3 is 1.27 bits per heavy atom. The molecule has 7 aromatic carbocycles. The number of esters is 2. The molecule has 0 bridgehead atoms. The number of carbonyl (C=O) groups is 9. The minimum absolute atomic E-state index is 0. The van der Waals surface area contributed by atoms with E-state index in [4.69, 9.17) is 41.4 Å². The fraction of sp³-hybridized carbons (Fsp3) is 0.276. The monoisotopic (exact) mass is 1610 g/mol. The summed E-state index contributed by atoms with van der Waals surface area (Å²) in [5.74, 6) is -7.21. The van der Waals surface area contributed by atoms with E-state index in [0.717, 1.165) is 48.2 Å². The van der Waals surface area contributed by atoms with Gasteiger partial charge in [-0.1, -0.05) is 149 Å². The number of carbonyl (C=O) groups excluding carboxylic acids is 8. The molecule has 3 heterocycles. The van der Waals surface area contributed by atoms with Crippen molar-refractivity contribution in [3.05, 3.63) is 255 Å². The van der Waals surface area contributed by atoms with Crippen molar-refractivity contribution >= 4 is 93.5 Å². The third-order valence-electron chi connectivity index (χ3n) is 14.5. The molecule has 33 heteroatoms. The summed E-state index contributed by atoms with van der Waals surface area (Å²) in [4.78, 5) is 131. The fourth-order valence-electron chi connectivity index (χ4n) is 8.42. The van der Waals surface area contributed by atoms with E-state index in [1.165, 1.54) is 18.2 Å². The van der Waals surface area contributed by atoms with Crippen LogP contribution >= 0.6 is 0 Å². The maximum absolute atomic E-state index is 13.2. The maximum Gasteiger partial charge on any atom is 0.323 e. The minimum atomic E-state index is -1.50. The smallest absolute Gasteiger partial charge is 0.323 e. The molecule has 0 aromatic heterocycles. The number of nitrogens with two attached hydrogens (primary N) is 1. The van der Waals surface area contributed by atoms with Crippen LogP contribution in [-0.2, 0) is 58.7 Å². The summed E-state index contributed by atoms with van der Waals surface area (Å²) in [6.07, 6.45) is 2.56. The van der Waals surface area contributed by atoms with Gasteiger partial charge in [-0.15, -0.1) is 10.1 Å². The van der Waals surface area contributed by atoms with E-state index in [2.05, 4.69) is 41.4 Å². The van der Waals surface area contributed by atoms with Crippen molar-refractivity contribution in [2.45, 2.75) is 101 Å². The number of hydrogen-bond acceptors (Lipinski definition) is 19. The van der Waals surface area contributed by atoms with Gasteiger partial charge in [0.1, 0.15) is 0 Å². The van der Waals surface area contributed by atoms with Crippen LogP contribution in [0.15, 0.2) is 197 Å². The SMILES string of the molecule is CC(C)(CC(=O)c1ccccc1)C(=O)O.CC(C)(CC(=O)c1ccccc1)C(=O)O.CC1(C)CC(=O)OC1=O.CC1(C)CC(c2cccc(N)c2)=NNC1=O.CC1(C)CC(c2cccc(NC(=O)Nc3ccc(F)c(F)c3)c2)=NNC1=O.C[N+](=O)[O-].O=C=Nc1ccc(F)c(F)c1.O=[N+]([O-])O.[CH3-].[Pd].c1ccccc1. The van der Waals surface area contributed by atoms with Crippen LogP contribution in [0.4, 0.5) is 45.1 Å². The molecule has 9 N–H and O–H groups in total. The van der Waals surface area contributed by atoms with Crippen molar-refractivity contribution in [1.29, 1.82) is 0 Å². The van der Waals surface area contributed by atoms with Gasteiger partial charge in [-0.3, -0.25) is 48.5 Å². The van der Waals surface area contributed by atoms with E-state index < -0.39 is 90.3 Å². The van der Waals surface area contributed by atoms with Crippen LogP contribution in [0.5, 0.6) is 0 Å². The molecule has 0 unspecified atom stereocenters. The van der Waals surface area contributed by atoms with Crippen molar-refractivity contribution in [3.8, 4) is 0 Å². The number of ether oxygens (including phenoxy) is 1. The Morgan fingerprint density at radius 2 is 0.936 bits per heavy atom. The summed E-state index contributed by atoms with van der Waals surface area (Å²) in [5.41, 5.74) is 13.0. The van der Waals surface area contributed by atoms with Gasteiger partial charge < -0.3 is 44.0 Å². The van der Waals surface area contributed by atoms with Crippen LogP contribution in [0.2, 0.25) is 0 Å². The van der Waals surface area contributed by atoms with E-state index >= 15 is 0 Å². The molecule has 3 aliphatic rings. The first kappa shape index (κ1) is 96.7.